The molecule has 0 fully saturated rings. The first-order valence-corrected chi connectivity index (χ1v) is 14.1. The van der Waals surface area contributed by atoms with Gasteiger partial charge in [-0.15, -0.1) is 0 Å². The maximum atomic E-state index is 14.4. The largest absolute Gasteiger partial charge is 0.310 e. The Labute approximate surface area is 242 Å². The number of hydrogen-bond acceptors (Lipinski definition) is 4. The molecule has 43 heavy (non-hydrogen) atoms. The summed E-state index contributed by atoms with van der Waals surface area (Å²) < 4.78 is 4.10. The molecule has 1 aliphatic rings. The molecule has 7 heteroatoms. The van der Waals surface area contributed by atoms with Crippen LogP contribution in [0.1, 0.15) is 0 Å². The zero-order chi connectivity index (χ0) is 28.6. The maximum Gasteiger partial charge on any atom is 0.215 e. The lowest BCUT2D eigenvalue weighted by atomic mass is 9.60. The van der Waals surface area contributed by atoms with Crippen molar-refractivity contribution < 1.29 is 0 Å². The predicted molar refractivity (Wildman–Crippen MR) is 175 cm³/mol. The number of pyridine rings is 4. The van der Waals surface area contributed by atoms with E-state index in [1.54, 1.807) is 6.07 Å². The van der Waals surface area contributed by atoms with Gasteiger partial charge in [-0.2, -0.15) is 0 Å². The zero-order valence-electron chi connectivity index (χ0n) is 22.5. The molecule has 0 aliphatic carbocycles. The van der Waals surface area contributed by atoms with Gasteiger partial charge in [-0.3, -0.25) is 14.4 Å². The van der Waals surface area contributed by atoms with Crippen molar-refractivity contribution in [1.82, 2.24) is 14.0 Å². The highest BCUT2D eigenvalue weighted by atomic mass is 16.1. The van der Waals surface area contributed by atoms with Crippen molar-refractivity contribution in [2.45, 2.75) is 0 Å². The van der Waals surface area contributed by atoms with E-state index >= 15 is 0 Å². The Bertz CT molecular complexity index is 2930. The van der Waals surface area contributed by atoms with Crippen LogP contribution in [0.3, 0.4) is 0 Å². The van der Waals surface area contributed by atoms with Crippen molar-refractivity contribution in [2.75, 3.05) is 0 Å². The summed E-state index contributed by atoms with van der Waals surface area (Å²) in [4.78, 5) is 48.0. The van der Waals surface area contributed by atoms with Gasteiger partial charge >= 0.3 is 0 Å². The van der Waals surface area contributed by atoms with E-state index in [9.17, 15) is 14.4 Å². The van der Waals surface area contributed by atoms with Gasteiger partial charge in [0.1, 0.15) is 5.52 Å². The van der Waals surface area contributed by atoms with Crippen molar-refractivity contribution in [2.24, 2.45) is 0 Å². The third-order valence-electron chi connectivity index (χ3n) is 9.03. The van der Waals surface area contributed by atoms with Crippen LogP contribution in [-0.2, 0) is 0 Å². The van der Waals surface area contributed by atoms with Gasteiger partial charge in [-0.05, 0) is 42.5 Å². The van der Waals surface area contributed by atoms with Gasteiger partial charge in [0.25, 0.3) is 0 Å². The fraction of sp³-hybridized carbons (Fsp3) is 0. The number of nitrogens with zero attached hydrogens (tertiary/aromatic N) is 3. The van der Waals surface area contributed by atoms with Crippen molar-refractivity contribution in [1.29, 1.82) is 0 Å². The summed E-state index contributed by atoms with van der Waals surface area (Å²) in [6.45, 7) is 0. The quantitative estimate of drug-likeness (QED) is 0.158. The molecule has 9 aromatic rings. The van der Waals surface area contributed by atoms with E-state index in [0.29, 0.717) is 54.4 Å². The van der Waals surface area contributed by atoms with Gasteiger partial charge in [-0.1, -0.05) is 71.6 Å². The topological polar surface area (TPSA) is 73.4 Å². The minimum atomic E-state index is -0.264. The SMILES string of the molecule is O=c1c2ccccc2n2c3ccccc3c(=O)c3c4cc5c6c(c(=O)c7ccccc7n6-c6ccccc6[B]5)c4nc1c32. The molecule has 0 saturated heterocycles. The molecule has 0 unspecified atom stereocenters. The highest BCUT2D eigenvalue weighted by molar-refractivity contribution is 6.72. The summed E-state index contributed by atoms with van der Waals surface area (Å²) in [7, 11) is 2.07. The molecule has 0 amide bonds. The minimum Gasteiger partial charge on any atom is -0.310 e. The number of benzene rings is 5. The number of para-hydroxylation sites is 4. The van der Waals surface area contributed by atoms with E-state index in [0.717, 1.165) is 27.6 Å². The fourth-order valence-corrected chi connectivity index (χ4v) is 7.27. The minimum absolute atomic E-state index is 0.176. The van der Waals surface area contributed by atoms with Crippen molar-refractivity contribution in [3.8, 4) is 5.69 Å². The van der Waals surface area contributed by atoms with Crippen LogP contribution in [0.4, 0.5) is 0 Å². The molecule has 0 N–H and O–H groups in total. The molecule has 10 rings (SSSR count). The molecule has 6 nitrogen and oxygen atoms in total. The Morgan fingerprint density at radius 1 is 0.512 bits per heavy atom. The number of hydrogen-bond donors (Lipinski definition) is 0. The first kappa shape index (κ1) is 22.8. The lowest BCUT2D eigenvalue weighted by Gasteiger charge is -2.26. The van der Waals surface area contributed by atoms with Crippen LogP contribution in [0.25, 0.3) is 76.6 Å². The van der Waals surface area contributed by atoms with Gasteiger partial charge in [0.2, 0.25) is 5.43 Å². The van der Waals surface area contributed by atoms with E-state index in [1.165, 1.54) is 0 Å². The van der Waals surface area contributed by atoms with Crippen LogP contribution in [0, 0.1) is 0 Å². The second kappa shape index (κ2) is 7.72. The monoisotopic (exact) mass is 550 g/mol. The summed E-state index contributed by atoms with van der Waals surface area (Å²) in [5, 5.41) is 2.95. The second-order valence-corrected chi connectivity index (χ2v) is 11.2. The van der Waals surface area contributed by atoms with Gasteiger partial charge in [-0.25, -0.2) is 4.98 Å². The van der Waals surface area contributed by atoms with Gasteiger partial charge in [0, 0.05) is 27.2 Å². The molecular weight excluding hydrogens is 533 g/mol. The zero-order valence-corrected chi connectivity index (χ0v) is 22.5. The van der Waals surface area contributed by atoms with Gasteiger partial charge < -0.3 is 8.97 Å². The summed E-state index contributed by atoms with van der Waals surface area (Å²) in [5.74, 6) is 0. The Morgan fingerprint density at radius 3 is 1.84 bits per heavy atom. The second-order valence-electron chi connectivity index (χ2n) is 11.2. The van der Waals surface area contributed by atoms with Crippen LogP contribution in [0.15, 0.2) is 118 Å². The van der Waals surface area contributed by atoms with Gasteiger partial charge in [0.05, 0.1) is 43.9 Å². The summed E-state index contributed by atoms with van der Waals surface area (Å²) in [6, 6.07) is 32.5. The first-order valence-electron chi connectivity index (χ1n) is 14.1. The standard InChI is InChI=1S/C36H17BN3O3/c41-34-18-9-1-5-13-24(18)39-26-15-7-3-11-20(26)36(43)31-33(39)28(34)21-17-23-32-29(30(21)38-31)35(42)19-10-2-6-14-25(19)40(32)27-16-8-4-12-22(27)37-23/h1-17H. The molecule has 1 aliphatic heterocycles. The summed E-state index contributed by atoms with van der Waals surface area (Å²) >= 11 is 0. The average molecular weight is 550 g/mol. The lowest BCUT2D eigenvalue weighted by Crippen LogP contribution is -2.38. The molecule has 5 heterocycles. The highest BCUT2D eigenvalue weighted by Crippen LogP contribution is 2.34. The van der Waals surface area contributed by atoms with Crippen molar-refractivity contribution >= 4 is 89.1 Å². The third kappa shape index (κ3) is 2.66. The lowest BCUT2D eigenvalue weighted by molar-refractivity contribution is 1.17. The molecule has 0 saturated carbocycles. The van der Waals surface area contributed by atoms with E-state index in [2.05, 4.69) is 17.9 Å². The van der Waals surface area contributed by atoms with Crippen molar-refractivity contribution in [3.63, 3.8) is 0 Å². The molecule has 1 radical (unpaired) electrons. The van der Waals surface area contributed by atoms with E-state index in [-0.39, 0.29) is 21.8 Å². The molecular formula is C36H17BN3O3. The predicted octanol–water partition coefficient (Wildman–Crippen LogP) is 4.53. The third-order valence-corrected chi connectivity index (χ3v) is 9.03. The van der Waals surface area contributed by atoms with E-state index in [4.69, 9.17) is 4.98 Å². The maximum absolute atomic E-state index is 14.4. The normalized spacial score (nSPS) is 12.7. The van der Waals surface area contributed by atoms with E-state index in [1.807, 2.05) is 95.4 Å². The first-order chi connectivity index (χ1) is 21.1. The Balaban J connectivity index is 1.59. The highest BCUT2D eigenvalue weighted by Gasteiger charge is 2.27. The van der Waals surface area contributed by atoms with Crippen LogP contribution in [0.2, 0.25) is 0 Å². The summed E-state index contributed by atoms with van der Waals surface area (Å²) in [5.41, 5.74) is 6.10. The Morgan fingerprint density at radius 2 is 1.09 bits per heavy atom. The summed E-state index contributed by atoms with van der Waals surface area (Å²) in [6.07, 6.45) is 0. The molecule has 4 aromatic heterocycles. The van der Waals surface area contributed by atoms with E-state index < -0.39 is 0 Å². The smallest absolute Gasteiger partial charge is 0.215 e. The van der Waals surface area contributed by atoms with Crippen LogP contribution < -0.4 is 27.2 Å². The van der Waals surface area contributed by atoms with Gasteiger partial charge in [0.15, 0.2) is 18.1 Å². The van der Waals surface area contributed by atoms with Crippen LogP contribution in [-0.4, -0.2) is 21.2 Å². The molecule has 0 atom stereocenters. The average Bonchev–Trinajstić information content (AvgIpc) is 3.05. The number of aromatic nitrogens is 3. The van der Waals surface area contributed by atoms with Crippen LogP contribution in [0.5, 0.6) is 0 Å². The fourth-order valence-electron chi connectivity index (χ4n) is 7.27. The van der Waals surface area contributed by atoms with Crippen LogP contribution >= 0.6 is 0 Å². The molecule has 5 aromatic carbocycles. The van der Waals surface area contributed by atoms with Crippen molar-refractivity contribution in [3.05, 3.63) is 134 Å². The Kier molecular flexibility index (Phi) is 4.10. The molecule has 0 spiro atoms. The number of fused-ring (bicyclic) bond motifs is 11. The molecule has 0 bridgehead atoms. The number of rotatable bonds is 0. The molecule has 197 valence electrons. The Hall–Kier alpha value is -5.82.